The van der Waals surface area contributed by atoms with Crippen molar-refractivity contribution in [2.24, 2.45) is 0 Å². The van der Waals surface area contributed by atoms with E-state index < -0.39 is 5.97 Å². The van der Waals surface area contributed by atoms with Crippen molar-refractivity contribution >= 4 is 51.1 Å². The molecule has 3 N–H and O–H groups in total. The van der Waals surface area contributed by atoms with Crippen LogP contribution >= 0.6 is 11.8 Å². The van der Waals surface area contributed by atoms with Crippen molar-refractivity contribution in [3.63, 3.8) is 0 Å². The standard InChI is InChI=1S/C22H19N3O4S/c1-3-29-22(28)17-11-23-20-19(17)16-10-15(8-9-18(16)25-21(20)27)30-14-6-4-13(5-7-14)24-12(2)26/h4-11,23H,3H2,1-2H3,(H,24,26)(H,25,27). The van der Waals surface area contributed by atoms with E-state index in [-0.39, 0.29) is 18.1 Å². The molecule has 0 unspecified atom stereocenters. The molecule has 152 valence electrons. The van der Waals surface area contributed by atoms with Crippen LogP contribution in [0, 0.1) is 0 Å². The summed E-state index contributed by atoms with van der Waals surface area (Å²) in [7, 11) is 0. The number of hydrogen-bond acceptors (Lipinski definition) is 5. The zero-order chi connectivity index (χ0) is 21.3. The van der Waals surface area contributed by atoms with Crippen molar-refractivity contribution < 1.29 is 14.3 Å². The highest BCUT2D eigenvalue weighted by Gasteiger charge is 2.18. The molecule has 4 aromatic rings. The minimum atomic E-state index is -0.470. The lowest BCUT2D eigenvalue weighted by Crippen LogP contribution is -2.08. The molecule has 8 heteroatoms. The Hall–Kier alpha value is -3.52. The molecular formula is C22H19N3O4S. The second-order valence-electron chi connectivity index (χ2n) is 6.64. The van der Waals surface area contributed by atoms with Crippen molar-refractivity contribution in [2.45, 2.75) is 23.6 Å². The van der Waals surface area contributed by atoms with Gasteiger partial charge in [-0.2, -0.15) is 0 Å². The van der Waals surface area contributed by atoms with Gasteiger partial charge in [0.15, 0.2) is 0 Å². The van der Waals surface area contributed by atoms with Crippen LogP contribution in [-0.4, -0.2) is 28.5 Å². The predicted octanol–water partition coefficient (Wildman–Crippen LogP) is 4.30. The Labute approximate surface area is 175 Å². The number of carbonyl (C=O) groups excluding carboxylic acids is 2. The summed E-state index contributed by atoms with van der Waals surface area (Å²) in [6.45, 7) is 3.46. The number of esters is 1. The Morgan fingerprint density at radius 1 is 1.10 bits per heavy atom. The van der Waals surface area contributed by atoms with Crippen molar-refractivity contribution in [3.05, 3.63) is 64.6 Å². The van der Waals surface area contributed by atoms with Gasteiger partial charge >= 0.3 is 5.97 Å². The zero-order valence-corrected chi connectivity index (χ0v) is 17.2. The van der Waals surface area contributed by atoms with Crippen molar-refractivity contribution in [1.29, 1.82) is 0 Å². The van der Waals surface area contributed by atoms with Crippen LogP contribution in [-0.2, 0) is 9.53 Å². The van der Waals surface area contributed by atoms with Crippen LogP contribution in [0.1, 0.15) is 24.2 Å². The van der Waals surface area contributed by atoms with Crippen molar-refractivity contribution in [2.75, 3.05) is 11.9 Å². The molecule has 7 nitrogen and oxygen atoms in total. The molecule has 30 heavy (non-hydrogen) atoms. The van der Waals surface area contributed by atoms with Crippen LogP contribution in [0.2, 0.25) is 0 Å². The average Bonchev–Trinajstić information content (AvgIpc) is 3.16. The van der Waals surface area contributed by atoms with Gasteiger partial charge in [0.1, 0.15) is 5.52 Å². The van der Waals surface area contributed by atoms with Gasteiger partial charge in [-0.25, -0.2) is 4.79 Å². The topological polar surface area (TPSA) is 104 Å². The number of pyridine rings is 1. The molecule has 0 spiro atoms. The molecule has 2 heterocycles. The van der Waals surface area contributed by atoms with Crippen LogP contribution < -0.4 is 10.9 Å². The minimum Gasteiger partial charge on any atom is -0.462 e. The van der Waals surface area contributed by atoms with Crippen LogP contribution in [0.4, 0.5) is 5.69 Å². The highest BCUT2D eigenvalue weighted by molar-refractivity contribution is 7.99. The Balaban J connectivity index is 1.76. The zero-order valence-electron chi connectivity index (χ0n) is 16.4. The summed E-state index contributed by atoms with van der Waals surface area (Å²) in [5, 5.41) is 4.05. The van der Waals surface area contributed by atoms with Gasteiger partial charge in [0, 0.05) is 44.9 Å². The lowest BCUT2D eigenvalue weighted by molar-refractivity contribution is -0.114. The quantitative estimate of drug-likeness (QED) is 0.417. The van der Waals surface area contributed by atoms with Crippen LogP contribution in [0.3, 0.4) is 0 Å². The molecule has 0 aliphatic carbocycles. The number of hydrogen-bond donors (Lipinski definition) is 3. The van der Waals surface area contributed by atoms with E-state index in [1.165, 1.54) is 24.9 Å². The van der Waals surface area contributed by atoms with E-state index >= 15 is 0 Å². The Bertz CT molecular complexity index is 1320. The fourth-order valence-electron chi connectivity index (χ4n) is 3.29. The van der Waals surface area contributed by atoms with Gasteiger partial charge in [-0.15, -0.1) is 0 Å². The van der Waals surface area contributed by atoms with Gasteiger partial charge in [-0.05, 0) is 49.4 Å². The maximum absolute atomic E-state index is 12.4. The Kier molecular flexibility index (Phi) is 5.33. The number of benzene rings is 2. The minimum absolute atomic E-state index is 0.119. The van der Waals surface area contributed by atoms with Crippen LogP contribution in [0.15, 0.2) is 63.2 Å². The molecule has 0 radical (unpaired) electrons. The number of ether oxygens (including phenoxy) is 1. The first-order valence-corrected chi connectivity index (χ1v) is 10.2. The first-order valence-electron chi connectivity index (χ1n) is 9.36. The number of amides is 1. The van der Waals surface area contributed by atoms with E-state index in [0.29, 0.717) is 22.0 Å². The van der Waals surface area contributed by atoms with Gasteiger partial charge in [0.2, 0.25) is 5.91 Å². The fraction of sp³-hybridized carbons (Fsp3) is 0.136. The molecule has 0 fully saturated rings. The average molecular weight is 421 g/mol. The predicted molar refractivity (Wildman–Crippen MR) is 117 cm³/mol. The third-order valence-electron chi connectivity index (χ3n) is 4.52. The highest BCUT2D eigenvalue weighted by atomic mass is 32.2. The number of carbonyl (C=O) groups is 2. The first kappa shape index (κ1) is 19.8. The normalized spacial score (nSPS) is 11.0. The van der Waals surface area contributed by atoms with E-state index in [9.17, 15) is 14.4 Å². The largest absolute Gasteiger partial charge is 0.462 e. The third kappa shape index (κ3) is 3.81. The van der Waals surface area contributed by atoms with Gasteiger partial charge in [0.25, 0.3) is 5.56 Å². The molecule has 0 atom stereocenters. The smallest absolute Gasteiger partial charge is 0.340 e. The monoisotopic (exact) mass is 421 g/mol. The van der Waals surface area contributed by atoms with Gasteiger partial charge < -0.3 is 20.0 Å². The van der Waals surface area contributed by atoms with Gasteiger partial charge in [-0.1, -0.05) is 11.8 Å². The van der Waals surface area contributed by atoms with Gasteiger partial charge in [0.05, 0.1) is 12.2 Å². The third-order valence-corrected chi connectivity index (χ3v) is 5.52. The van der Waals surface area contributed by atoms with E-state index in [4.69, 9.17) is 4.74 Å². The number of anilines is 1. The first-order chi connectivity index (χ1) is 14.5. The summed E-state index contributed by atoms with van der Waals surface area (Å²) in [4.78, 5) is 43.6. The second kappa shape index (κ2) is 8.08. The lowest BCUT2D eigenvalue weighted by Gasteiger charge is -2.07. The molecule has 0 aliphatic heterocycles. The maximum atomic E-state index is 12.4. The summed E-state index contributed by atoms with van der Waals surface area (Å²) < 4.78 is 5.14. The number of aromatic amines is 2. The van der Waals surface area contributed by atoms with Crippen LogP contribution in [0.25, 0.3) is 21.8 Å². The summed E-state index contributed by atoms with van der Waals surface area (Å²) >= 11 is 1.54. The number of H-pyrrole nitrogens is 2. The molecular weight excluding hydrogens is 402 g/mol. The summed E-state index contributed by atoms with van der Waals surface area (Å²) in [6, 6.07) is 13.2. The number of rotatable bonds is 5. The van der Waals surface area contributed by atoms with E-state index in [0.717, 1.165) is 20.9 Å². The molecule has 2 aromatic carbocycles. The maximum Gasteiger partial charge on any atom is 0.340 e. The Morgan fingerprint density at radius 2 is 1.83 bits per heavy atom. The molecule has 2 aromatic heterocycles. The Morgan fingerprint density at radius 3 is 2.53 bits per heavy atom. The molecule has 0 aliphatic rings. The lowest BCUT2D eigenvalue weighted by atomic mass is 10.1. The van der Waals surface area contributed by atoms with E-state index in [2.05, 4.69) is 15.3 Å². The summed E-state index contributed by atoms with van der Waals surface area (Å²) in [5.74, 6) is -0.589. The molecule has 0 saturated carbocycles. The van der Waals surface area contributed by atoms with E-state index in [1.54, 1.807) is 6.92 Å². The number of fused-ring (bicyclic) bond motifs is 3. The second-order valence-corrected chi connectivity index (χ2v) is 7.79. The SMILES string of the molecule is CCOC(=O)c1c[nH]c2c(=O)[nH]c3ccc(Sc4ccc(NC(C)=O)cc4)cc3c12. The van der Waals surface area contributed by atoms with Crippen molar-refractivity contribution in [3.8, 4) is 0 Å². The summed E-state index contributed by atoms with van der Waals surface area (Å²) in [5.41, 5.74) is 1.76. The van der Waals surface area contributed by atoms with Crippen LogP contribution in [0.5, 0.6) is 0 Å². The highest BCUT2D eigenvalue weighted by Crippen LogP contribution is 2.33. The number of aromatic nitrogens is 2. The number of nitrogens with one attached hydrogen (secondary N) is 3. The van der Waals surface area contributed by atoms with E-state index in [1.807, 2.05) is 42.5 Å². The fourth-order valence-corrected chi connectivity index (χ4v) is 4.14. The summed E-state index contributed by atoms with van der Waals surface area (Å²) in [6.07, 6.45) is 1.51. The van der Waals surface area contributed by atoms with Crippen molar-refractivity contribution in [1.82, 2.24) is 9.97 Å². The molecule has 0 saturated heterocycles. The molecule has 1 amide bonds. The molecule has 4 rings (SSSR count). The molecule has 0 bridgehead atoms. The van der Waals surface area contributed by atoms with Gasteiger partial charge in [-0.3, -0.25) is 9.59 Å².